The summed E-state index contributed by atoms with van der Waals surface area (Å²) in [6.45, 7) is 18.1. The lowest BCUT2D eigenvalue weighted by molar-refractivity contribution is 0.374. The normalized spacial score (nSPS) is 19.1. The fraction of sp³-hybridized carbons (Fsp3) is 0.933. The van der Waals surface area contributed by atoms with Crippen LogP contribution in [0.2, 0.25) is 0 Å². The number of halogens is 1. The van der Waals surface area contributed by atoms with E-state index in [9.17, 15) is 0 Å². The van der Waals surface area contributed by atoms with Crippen LogP contribution in [0.25, 0.3) is 0 Å². The van der Waals surface area contributed by atoms with E-state index in [2.05, 4.69) is 68.8 Å². The molecule has 0 aliphatic carbocycles. The lowest BCUT2D eigenvalue weighted by atomic mass is 10.1. The minimum absolute atomic E-state index is 0. The summed E-state index contributed by atoms with van der Waals surface area (Å²) < 4.78 is 0.318. The molecule has 1 fully saturated rings. The lowest BCUT2D eigenvalue weighted by Crippen LogP contribution is -2.51. The van der Waals surface area contributed by atoms with Crippen LogP contribution in [0.15, 0.2) is 4.99 Å². The molecule has 1 aliphatic rings. The summed E-state index contributed by atoms with van der Waals surface area (Å²) in [5, 5.41) is 6.91. The summed E-state index contributed by atoms with van der Waals surface area (Å²) >= 11 is 2.05. The molecule has 0 radical (unpaired) electrons. The van der Waals surface area contributed by atoms with Gasteiger partial charge in [0.15, 0.2) is 5.96 Å². The van der Waals surface area contributed by atoms with E-state index in [1.165, 1.54) is 5.75 Å². The van der Waals surface area contributed by atoms with E-state index in [-0.39, 0.29) is 29.5 Å². The maximum atomic E-state index is 4.77. The summed E-state index contributed by atoms with van der Waals surface area (Å²) in [5.41, 5.74) is 0.164. The van der Waals surface area contributed by atoms with Crippen molar-refractivity contribution in [1.82, 2.24) is 15.5 Å². The van der Waals surface area contributed by atoms with E-state index < -0.39 is 0 Å². The molecule has 0 bridgehead atoms. The van der Waals surface area contributed by atoms with Gasteiger partial charge in [0.25, 0.3) is 0 Å². The maximum Gasteiger partial charge on any atom is 0.194 e. The van der Waals surface area contributed by atoms with Gasteiger partial charge in [0.1, 0.15) is 0 Å². The van der Waals surface area contributed by atoms with Gasteiger partial charge in [-0.2, -0.15) is 11.8 Å². The molecule has 4 nitrogen and oxygen atoms in total. The minimum Gasteiger partial charge on any atom is -0.357 e. The highest BCUT2D eigenvalue weighted by atomic mass is 127. The second-order valence-corrected chi connectivity index (χ2v) is 8.74. The van der Waals surface area contributed by atoms with E-state index in [1.54, 1.807) is 0 Å². The van der Waals surface area contributed by atoms with Crippen molar-refractivity contribution < 1.29 is 0 Å². The molecule has 0 saturated carbocycles. The van der Waals surface area contributed by atoms with Gasteiger partial charge < -0.3 is 15.5 Å². The topological polar surface area (TPSA) is 39.7 Å². The highest BCUT2D eigenvalue weighted by molar-refractivity contribution is 14.0. The smallest absolute Gasteiger partial charge is 0.194 e. The third-order valence-corrected chi connectivity index (χ3v) is 4.39. The van der Waals surface area contributed by atoms with Crippen molar-refractivity contribution in [2.24, 2.45) is 4.99 Å². The van der Waals surface area contributed by atoms with Crippen molar-refractivity contribution in [3.8, 4) is 0 Å². The number of hydrogen-bond acceptors (Lipinski definition) is 3. The summed E-state index contributed by atoms with van der Waals surface area (Å²) in [4.78, 5) is 7.17. The number of thioether (sulfide) groups is 1. The summed E-state index contributed by atoms with van der Waals surface area (Å²) in [6.07, 6.45) is 0. The molecule has 6 heteroatoms. The first-order chi connectivity index (χ1) is 9.23. The first-order valence-electron chi connectivity index (χ1n) is 7.66. The Bertz CT molecular complexity index is 326. The molecule has 0 aromatic rings. The lowest BCUT2D eigenvalue weighted by Gasteiger charge is -2.39. The van der Waals surface area contributed by atoms with Gasteiger partial charge in [-0.3, -0.25) is 4.99 Å². The third kappa shape index (κ3) is 9.13. The van der Waals surface area contributed by atoms with Crippen molar-refractivity contribution in [3.63, 3.8) is 0 Å². The Morgan fingerprint density at radius 3 is 2.52 bits per heavy atom. The summed E-state index contributed by atoms with van der Waals surface area (Å²) in [5.74, 6) is 2.24. The average Bonchev–Trinajstić information content (AvgIpc) is 2.30. The van der Waals surface area contributed by atoms with Gasteiger partial charge in [-0.1, -0.05) is 0 Å². The molecule has 0 atom stereocenters. The van der Waals surface area contributed by atoms with E-state index in [0.717, 1.165) is 38.7 Å². The monoisotopic (exact) mass is 428 g/mol. The molecule has 1 rings (SSSR count). The van der Waals surface area contributed by atoms with Gasteiger partial charge >= 0.3 is 0 Å². The SMILES string of the molecule is CCNC(=NCCNC(C)(C)C)N1CCSC(C)(C)C1.I. The van der Waals surface area contributed by atoms with E-state index in [1.807, 2.05) is 0 Å². The van der Waals surface area contributed by atoms with Crippen LogP contribution in [0.5, 0.6) is 0 Å². The molecule has 1 aliphatic heterocycles. The minimum atomic E-state index is 0. The van der Waals surface area contributed by atoms with E-state index in [4.69, 9.17) is 4.99 Å². The van der Waals surface area contributed by atoms with Crippen LogP contribution in [0.3, 0.4) is 0 Å². The van der Waals surface area contributed by atoms with Crippen molar-refractivity contribution in [1.29, 1.82) is 0 Å². The first kappa shape index (κ1) is 21.3. The van der Waals surface area contributed by atoms with Crippen molar-refractivity contribution >= 4 is 41.7 Å². The van der Waals surface area contributed by atoms with Crippen LogP contribution in [0, 0.1) is 0 Å². The van der Waals surface area contributed by atoms with Gasteiger partial charge in [-0.15, -0.1) is 24.0 Å². The highest BCUT2D eigenvalue weighted by Gasteiger charge is 2.28. The molecule has 0 amide bonds. The summed E-state index contributed by atoms with van der Waals surface area (Å²) in [6, 6.07) is 0. The standard InChI is InChI=1S/C15H32N4S.HI/c1-7-16-13(17-8-9-18-14(2,3)4)19-10-11-20-15(5,6)12-19;/h18H,7-12H2,1-6H3,(H,16,17);1H. The fourth-order valence-corrected chi connectivity index (χ4v) is 3.33. The zero-order valence-electron chi connectivity index (χ0n) is 14.5. The Balaban J connectivity index is 0.00000400. The van der Waals surface area contributed by atoms with Gasteiger partial charge in [-0.25, -0.2) is 0 Å². The second-order valence-electron chi connectivity index (χ2n) is 6.94. The molecule has 0 spiro atoms. The van der Waals surface area contributed by atoms with Gasteiger partial charge in [-0.05, 0) is 41.5 Å². The Morgan fingerprint density at radius 2 is 2.00 bits per heavy atom. The van der Waals surface area contributed by atoms with Crippen LogP contribution < -0.4 is 10.6 Å². The molecular formula is C15H33IN4S. The highest BCUT2D eigenvalue weighted by Crippen LogP contribution is 2.29. The zero-order valence-corrected chi connectivity index (χ0v) is 17.6. The number of aliphatic imine (C=N–C) groups is 1. The largest absolute Gasteiger partial charge is 0.357 e. The van der Waals surface area contributed by atoms with E-state index in [0.29, 0.717) is 4.75 Å². The van der Waals surface area contributed by atoms with Gasteiger partial charge in [0, 0.05) is 42.2 Å². The number of rotatable bonds is 4. The van der Waals surface area contributed by atoms with Crippen molar-refractivity contribution in [2.45, 2.75) is 51.8 Å². The molecule has 0 aromatic carbocycles. The molecular weight excluding hydrogens is 395 g/mol. The van der Waals surface area contributed by atoms with E-state index >= 15 is 0 Å². The maximum absolute atomic E-state index is 4.77. The molecule has 0 aromatic heterocycles. The molecule has 1 saturated heterocycles. The van der Waals surface area contributed by atoms with Crippen LogP contribution in [0.1, 0.15) is 41.5 Å². The van der Waals surface area contributed by atoms with Crippen LogP contribution in [0.4, 0.5) is 0 Å². The Hall–Kier alpha value is 0.310. The zero-order chi connectivity index (χ0) is 15.2. The molecule has 0 unspecified atom stereocenters. The Labute approximate surface area is 152 Å². The molecule has 1 heterocycles. The van der Waals surface area contributed by atoms with Gasteiger partial charge in [0.05, 0.1) is 6.54 Å². The molecule has 126 valence electrons. The number of guanidine groups is 1. The molecule has 21 heavy (non-hydrogen) atoms. The van der Waals surface area contributed by atoms with Crippen LogP contribution in [-0.2, 0) is 0 Å². The van der Waals surface area contributed by atoms with Crippen LogP contribution >= 0.6 is 35.7 Å². The number of nitrogens with one attached hydrogen (secondary N) is 2. The average molecular weight is 428 g/mol. The summed E-state index contributed by atoms with van der Waals surface area (Å²) in [7, 11) is 0. The fourth-order valence-electron chi connectivity index (χ4n) is 2.22. The van der Waals surface area contributed by atoms with Crippen molar-refractivity contribution in [2.75, 3.05) is 38.5 Å². The first-order valence-corrected chi connectivity index (χ1v) is 8.64. The van der Waals surface area contributed by atoms with Gasteiger partial charge in [0.2, 0.25) is 0 Å². The number of hydrogen-bond donors (Lipinski definition) is 2. The van der Waals surface area contributed by atoms with Crippen LogP contribution in [-0.4, -0.2) is 59.6 Å². The Kier molecular flexibility index (Phi) is 9.59. The predicted molar refractivity (Wildman–Crippen MR) is 107 cm³/mol. The number of nitrogens with zero attached hydrogens (tertiary/aromatic N) is 2. The predicted octanol–water partition coefficient (Wildman–Crippen LogP) is 2.79. The third-order valence-electron chi connectivity index (χ3n) is 3.09. The molecule has 2 N–H and O–H groups in total. The Morgan fingerprint density at radius 1 is 1.33 bits per heavy atom. The van der Waals surface area contributed by atoms with Crippen molar-refractivity contribution in [3.05, 3.63) is 0 Å². The quantitative estimate of drug-likeness (QED) is 0.313. The second kappa shape index (κ2) is 9.45.